The minimum absolute atomic E-state index is 0.0684. The average molecular weight is 1350 g/mol. The number of hydrogen-bond acceptors (Lipinski definition) is 21. The van der Waals surface area contributed by atoms with Gasteiger partial charge in [0.2, 0.25) is 6.29 Å². The average Bonchev–Trinajstić information content (AvgIpc) is 1.65. The molecule has 7 aromatic rings. The summed E-state index contributed by atoms with van der Waals surface area (Å²) in [6.07, 6.45) is -3.56. The zero-order chi connectivity index (χ0) is 68.1. The number of carbonyl (C=O) groups is 3. The van der Waals surface area contributed by atoms with Crippen molar-refractivity contribution in [2.75, 3.05) is 61.2 Å². The molecule has 5 aliphatic heterocycles. The second-order valence-corrected chi connectivity index (χ2v) is 26.0. The summed E-state index contributed by atoms with van der Waals surface area (Å²) in [6.45, 7) is 1.97. The van der Waals surface area contributed by atoms with Crippen LogP contribution in [0.4, 0.5) is 11.4 Å². The Kier molecular flexibility index (Phi) is 20.2. The van der Waals surface area contributed by atoms with Crippen molar-refractivity contribution in [1.29, 1.82) is 0 Å². The van der Waals surface area contributed by atoms with Crippen molar-refractivity contribution in [1.82, 2.24) is 15.1 Å². The molecule has 7 atom stereocenters. The van der Waals surface area contributed by atoms with E-state index in [1.54, 1.807) is 36.4 Å². The van der Waals surface area contributed by atoms with E-state index in [4.69, 9.17) is 57.2 Å². The van der Waals surface area contributed by atoms with Crippen molar-refractivity contribution in [3.63, 3.8) is 0 Å². The number of nitrogens with zero attached hydrogens (tertiary/aromatic N) is 5. The van der Waals surface area contributed by atoms with Gasteiger partial charge >= 0.3 is 10.4 Å². The minimum Gasteiger partial charge on any atom is -0.493 e. The Morgan fingerprint density at radius 2 is 1.18 bits per heavy atom. The van der Waals surface area contributed by atoms with Gasteiger partial charge in [0.15, 0.2) is 34.5 Å². The third-order valence-electron chi connectivity index (χ3n) is 17.4. The normalized spacial score (nSPS) is 20.2. The van der Waals surface area contributed by atoms with Gasteiger partial charge in [-0.1, -0.05) is 48.5 Å². The molecule has 1 saturated heterocycles. The van der Waals surface area contributed by atoms with Gasteiger partial charge < -0.3 is 87.3 Å². The maximum absolute atomic E-state index is 14.2. The fourth-order valence-corrected chi connectivity index (χ4v) is 13.4. The third-order valence-corrected chi connectivity index (χ3v) is 18.2. The van der Waals surface area contributed by atoms with Crippen molar-refractivity contribution in [3.05, 3.63) is 195 Å². The highest BCUT2D eigenvalue weighted by Crippen LogP contribution is 2.42. The van der Waals surface area contributed by atoms with E-state index in [-0.39, 0.29) is 80.5 Å². The molecular weight excluding hydrogens is 1270 g/mol. The lowest BCUT2D eigenvalue weighted by atomic mass is 9.94. The summed E-state index contributed by atoms with van der Waals surface area (Å²) in [6, 6.07) is 38.5. The number of methoxy groups -OCH3 is 2. The molecule has 3 amide bonds. The van der Waals surface area contributed by atoms with Crippen LogP contribution in [0.5, 0.6) is 40.2 Å². The lowest BCUT2D eigenvalue weighted by molar-refractivity contribution is -0.916. The predicted molar refractivity (Wildman–Crippen MR) is 354 cm³/mol. The highest BCUT2D eigenvalue weighted by atomic mass is 32.3. The number of ether oxygens (including phenoxy) is 7. The van der Waals surface area contributed by atoms with Gasteiger partial charge in [-0.05, 0) is 119 Å². The zero-order valence-electron chi connectivity index (χ0n) is 53.8. The molecule has 0 spiro atoms. The molecule has 25 nitrogen and oxygen atoms in total. The quantitative estimate of drug-likeness (QED) is 0.0291. The lowest BCUT2D eigenvalue weighted by Gasteiger charge is -2.39. The summed E-state index contributed by atoms with van der Waals surface area (Å²) >= 11 is 0. The Morgan fingerprint density at radius 3 is 1.72 bits per heavy atom. The lowest BCUT2D eigenvalue weighted by Crippen LogP contribution is -2.60. The highest BCUT2D eigenvalue weighted by Gasteiger charge is 2.45. The van der Waals surface area contributed by atoms with Crippen molar-refractivity contribution >= 4 is 51.9 Å². The molecule has 0 aliphatic carbocycles. The van der Waals surface area contributed by atoms with Gasteiger partial charge in [-0.15, -0.1) is 8.42 Å². The molecule has 1 fully saturated rings. The molecule has 1 unspecified atom stereocenters. The Bertz CT molecular complexity index is 4100. The van der Waals surface area contributed by atoms with Crippen molar-refractivity contribution in [2.45, 2.75) is 95.0 Å². The van der Waals surface area contributed by atoms with Crippen molar-refractivity contribution in [2.24, 2.45) is 15.7 Å². The van der Waals surface area contributed by atoms with E-state index >= 15 is 0 Å². The molecule has 5 heterocycles. The molecule has 0 saturated carbocycles. The zero-order valence-corrected chi connectivity index (χ0v) is 54.6. The molecule has 0 radical (unpaired) electrons. The Labute approximate surface area is 560 Å². The van der Waals surface area contributed by atoms with E-state index in [1.165, 1.54) is 49.6 Å². The van der Waals surface area contributed by atoms with Gasteiger partial charge in [-0.25, -0.2) is 0 Å². The standard InChI is InChI=1S/C71H75N7O18S/c1-78(2,37-42-13-16-53(17-14-42)95-97(86,87)96-63-28-48(68(83)73-20-22-90-21-19-72)15-18-58(63)93-71-67(82)66(81)65(80)64(39-79)94-71)38-43-23-44(40-91-61-31-56-54(29-59(61)88-3)69(84)76-35-49-11-7-5-9-46(49)26-51(76)33-74-56)25-45(24-43)41-92-62-32-57-55(30-60(62)89-4)70(85)77-36-50-12-8-6-10-47(50)27-52(77)34-75-57/h5-18,23-25,28-34,51-52,64-67,71,79-82H,19-22,26-27,35-41,72H2,1-4H3/p+1/t51-,52-,64+,65-,66-,67+,71?/m0/s1. The summed E-state index contributed by atoms with van der Waals surface area (Å²) < 4.78 is 80.3. The largest absolute Gasteiger partial charge is 0.501 e. The first-order chi connectivity index (χ1) is 46.8. The van der Waals surface area contributed by atoms with E-state index in [0.717, 1.165) is 39.4 Å². The van der Waals surface area contributed by atoms with E-state index in [2.05, 4.69) is 17.4 Å². The van der Waals surface area contributed by atoms with Crippen LogP contribution < -0.4 is 43.1 Å². The summed E-state index contributed by atoms with van der Waals surface area (Å²) in [5.41, 5.74) is 14.9. The number of nitrogens with one attached hydrogen (secondary N) is 1. The van der Waals surface area contributed by atoms with Crippen molar-refractivity contribution < 1.29 is 89.2 Å². The molecule has 5 aliphatic rings. The van der Waals surface area contributed by atoms with Crippen LogP contribution >= 0.6 is 0 Å². The maximum Gasteiger partial charge on any atom is 0.501 e. The molecule has 508 valence electrons. The number of aliphatic hydroxyl groups is 4. The number of amides is 3. The van der Waals surface area contributed by atoms with E-state index in [1.807, 2.05) is 90.9 Å². The van der Waals surface area contributed by atoms with E-state index in [9.17, 15) is 43.2 Å². The van der Waals surface area contributed by atoms with E-state index < -0.39 is 59.4 Å². The SMILES string of the molecule is COc1cc2c(cc1OCc1cc(COc3cc4c(cc3OC)C(=O)N3Cc5ccccc5C[C@H]3C=N4)cc(C[N+](C)(C)Cc3ccc(OS(=O)(=O)Oc4cc(C(=O)NCCOCCN)ccc4OC4O[C@H](CO)[C@H](O)[C@H](O)[C@H]4O)cc3)c1)N=C[C@@H]1Cc3ccccc3CN1C2=O. The predicted octanol–water partition coefficient (Wildman–Crippen LogP) is 5.79. The number of quaternary nitrogens is 1. The topological polar surface area (TPSA) is 319 Å². The number of carbonyl (C=O) groups excluding carboxylic acids is 3. The van der Waals surface area contributed by atoms with E-state index in [0.29, 0.717) is 89.0 Å². The Hall–Kier alpha value is -9.48. The number of aliphatic imine (C=N–C) groups is 2. The number of hydrogen-bond donors (Lipinski definition) is 6. The van der Waals surface area contributed by atoms with Crippen LogP contribution in [0.3, 0.4) is 0 Å². The summed E-state index contributed by atoms with van der Waals surface area (Å²) in [5, 5.41) is 43.9. The van der Waals surface area contributed by atoms with Crippen LogP contribution in [0.2, 0.25) is 0 Å². The summed E-state index contributed by atoms with van der Waals surface area (Å²) in [4.78, 5) is 55.0. The van der Waals surface area contributed by atoms with Gasteiger partial charge in [0.1, 0.15) is 56.5 Å². The Balaban J connectivity index is 0.773. The van der Waals surface area contributed by atoms with Crippen LogP contribution in [-0.2, 0) is 72.1 Å². The monoisotopic (exact) mass is 1350 g/mol. The second kappa shape index (κ2) is 29.1. The molecule has 26 heteroatoms. The highest BCUT2D eigenvalue weighted by molar-refractivity contribution is 7.82. The van der Waals surface area contributed by atoms with Gasteiger partial charge in [0, 0.05) is 67.4 Å². The molecule has 0 aromatic heterocycles. The number of fused-ring (bicyclic) bond motifs is 6. The van der Waals surface area contributed by atoms with Gasteiger partial charge in [0.05, 0.1) is 82.7 Å². The maximum atomic E-state index is 14.2. The van der Waals surface area contributed by atoms with Crippen LogP contribution in [0, 0.1) is 0 Å². The molecule has 7 N–H and O–H groups in total. The molecule has 7 aromatic carbocycles. The fourth-order valence-electron chi connectivity index (χ4n) is 12.6. The smallest absolute Gasteiger partial charge is 0.493 e. The first-order valence-corrected chi connectivity index (χ1v) is 33.0. The third kappa shape index (κ3) is 15.4. The van der Waals surface area contributed by atoms with Crippen LogP contribution in [0.1, 0.15) is 75.6 Å². The summed E-state index contributed by atoms with van der Waals surface area (Å²) in [7, 11) is 2.11. The number of benzene rings is 7. The van der Waals surface area contributed by atoms with Crippen LogP contribution in [0.15, 0.2) is 143 Å². The Morgan fingerprint density at radius 1 is 0.629 bits per heavy atom. The van der Waals surface area contributed by atoms with Gasteiger partial charge in [-0.2, -0.15) is 0 Å². The minimum atomic E-state index is -5.02. The van der Waals surface area contributed by atoms with Crippen molar-refractivity contribution in [3.8, 4) is 40.2 Å². The molecular formula is C71H76N7O18S+. The first-order valence-electron chi connectivity index (χ1n) is 31.6. The number of aliphatic hydroxyl groups excluding tert-OH is 4. The second-order valence-electron chi connectivity index (χ2n) is 24.9. The molecule has 0 bridgehead atoms. The fraction of sp³-hybridized carbons (Fsp3) is 0.338. The molecule has 12 rings (SSSR count). The number of rotatable bonds is 25. The summed E-state index contributed by atoms with van der Waals surface area (Å²) in [5.74, 6) is -0.561. The van der Waals surface area contributed by atoms with Gasteiger partial charge in [0.25, 0.3) is 17.7 Å². The number of nitrogens with two attached hydrogens (primary N) is 1. The first kappa shape index (κ1) is 67.5. The molecule has 97 heavy (non-hydrogen) atoms. The van der Waals surface area contributed by atoms with Crippen LogP contribution in [-0.4, -0.2) is 177 Å². The van der Waals surface area contributed by atoms with Crippen LogP contribution in [0.25, 0.3) is 0 Å². The van der Waals surface area contributed by atoms with Gasteiger partial charge in [-0.3, -0.25) is 24.4 Å².